The number of hydrogen-bond donors (Lipinski definition) is 2. The lowest BCUT2D eigenvalue weighted by Gasteiger charge is -2.22. The molecule has 1 amide bonds. The van der Waals surface area contributed by atoms with Crippen LogP contribution < -0.4 is 19.7 Å². The molecule has 7 nitrogen and oxygen atoms in total. The van der Waals surface area contributed by atoms with Gasteiger partial charge in [-0.3, -0.25) is 14.8 Å². The van der Waals surface area contributed by atoms with Crippen LogP contribution >= 0.6 is 0 Å². The molecule has 1 aliphatic heterocycles. The van der Waals surface area contributed by atoms with Crippen molar-refractivity contribution in [3.8, 4) is 17.2 Å². The van der Waals surface area contributed by atoms with Crippen LogP contribution in [0.3, 0.4) is 0 Å². The summed E-state index contributed by atoms with van der Waals surface area (Å²) in [4.78, 5) is 23.0. The van der Waals surface area contributed by atoms with Gasteiger partial charge in [0.15, 0.2) is 0 Å². The maximum absolute atomic E-state index is 11.9. The van der Waals surface area contributed by atoms with Crippen molar-refractivity contribution >= 4 is 18.0 Å². The fourth-order valence-electron chi connectivity index (χ4n) is 3.54. The first-order valence-electron chi connectivity index (χ1n) is 11.3. The lowest BCUT2D eigenvalue weighted by atomic mass is 9.96. The predicted molar refractivity (Wildman–Crippen MR) is 125 cm³/mol. The number of hydrogen-bond acceptors (Lipinski definition) is 6. The number of carbonyl (C=O) groups excluding carboxylic acids is 2. The summed E-state index contributed by atoms with van der Waals surface area (Å²) in [6, 6.07) is 11.3. The Morgan fingerprint density at radius 2 is 2.00 bits per heavy atom. The minimum Gasteiger partial charge on any atom is -0.493 e. The molecule has 33 heavy (non-hydrogen) atoms. The minimum atomic E-state index is -0.594. The summed E-state index contributed by atoms with van der Waals surface area (Å²) >= 11 is 0. The van der Waals surface area contributed by atoms with Gasteiger partial charge < -0.3 is 14.2 Å². The van der Waals surface area contributed by atoms with Gasteiger partial charge in [-0.15, -0.1) is 0 Å². The van der Waals surface area contributed by atoms with Crippen LogP contribution in [0.5, 0.6) is 17.2 Å². The SMILES string of the molecule is CC(C)CCc1c(OCCCOc2cccc(C=CC(=O)NO)c2)ccc2c1OC(=O)CC2. The molecule has 0 aliphatic carbocycles. The molecule has 0 radical (unpaired) electrons. The fraction of sp³-hybridized carbons (Fsp3) is 0.385. The van der Waals surface area contributed by atoms with Gasteiger partial charge in [0.05, 0.1) is 19.6 Å². The molecule has 7 heteroatoms. The summed E-state index contributed by atoms with van der Waals surface area (Å²) < 4.78 is 17.4. The Bertz CT molecular complexity index is 998. The molecule has 3 rings (SSSR count). The van der Waals surface area contributed by atoms with Crippen molar-refractivity contribution in [3.63, 3.8) is 0 Å². The van der Waals surface area contributed by atoms with Crippen molar-refractivity contribution < 1.29 is 29.0 Å². The third kappa shape index (κ3) is 7.36. The normalized spacial score (nSPS) is 13.0. The molecule has 176 valence electrons. The van der Waals surface area contributed by atoms with Gasteiger partial charge in [0.2, 0.25) is 0 Å². The lowest BCUT2D eigenvalue weighted by molar-refractivity contribution is -0.135. The Morgan fingerprint density at radius 1 is 1.18 bits per heavy atom. The molecule has 0 bridgehead atoms. The first kappa shape index (κ1) is 24.3. The van der Waals surface area contributed by atoms with E-state index >= 15 is 0 Å². The summed E-state index contributed by atoms with van der Waals surface area (Å²) in [5, 5.41) is 8.55. The Morgan fingerprint density at radius 3 is 2.79 bits per heavy atom. The van der Waals surface area contributed by atoms with E-state index < -0.39 is 5.91 Å². The van der Waals surface area contributed by atoms with E-state index in [0.717, 1.165) is 35.3 Å². The van der Waals surface area contributed by atoms with E-state index in [-0.39, 0.29) is 5.97 Å². The van der Waals surface area contributed by atoms with Crippen LogP contribution in [0.4, 0.5) is 0 Å². The van der Waals surface area contributed by atoms with E-state index in [9.17, 15) is 9.59 Å². The van der Waals surface area contributed by atoms with Crippen molar-refractivity contribution in [1.82, 2.24) is 5.48 Å². The molecule has 2 N–H and O–H groups in total. The van der Waals surface area contributed by atoms with Gasteiger partial charge in [0.1, 0.15) is 17.2 Å². The average Bonchev–Trinajstić information content (AvgIpc) is 2.81. The van der Waals surface area contributed by atoms with Crippen LogP contribution in [0.2, 0.25) is 0 Å². The van der Waals surface area contributed by atoms with Gasteiger partial charge in [-0.2, -0.15) is 0 Å². The Labute approximate surface area is 194 Å². The second-order valence-corrected chi connectivity index (χ2v) is 8.37. The largest absolute Gasteiger partial charge is 0.493 e. The van der Waals surface area contributed by atoms with Gasteiger partial charge in [-0.05, 0) is 60.6 Å². The quantitative estimate of drug-likeness (QED) is 0.130. The zero-order chi connectivity index (χ0) is 23.6. The highest BCUT2D eigenvalue weighted by molar-refractivity contribution is 5.90. The predicted octanol–water partition coefficient (Wildman–Crippen LogP) is 4.49. The second kappa shape index (κ2) is 12.1. The van der Waals surface area contributed by atoms with Crippen molar-refractivity contribution in [2.24, 2.45) is 5.92 Å². The number of esters is 1. The van der Waals surface area contributed by atoms with Gasteiger partial charge >= 0.3 is 5.97 Å². The molecular formula is C26H31NO6. The first-order valence-corrected chi connectivity index (χ1v) is 11.3. The van der Waals surface area contributed by atoms with Gasteiger partial charge in [-0.25, -0.2) is 5.48 Å². The van der Waals surface area contributed by atoms with Crippen LogP contribution in [0.25, 0.3) is 6.08 Å². The minimum absolute atomic E-state index is 0.187. The lowest BCUT2D eigenvalue weighted by Crippen LogP contribution is -2.18. The standard InChI is InChI=1S/C26H31NO6/c1-18(2)7-11-22-23(12-9-20-10-14-25(29)33-26(20)22)32-16-4-15-31-21-6-3-5-19(17-21)8-13-24(28)27-30/h3,5-6,8-9,12-13,17-18,30H,4,7,10-11,14-16H2,1-2H3,(H,27,28). The highest BCUT2D eigenvalue weighted by Gasteiger charge is 2.23. The number of aryl methyl sites for hydroxylation is 1. The summed E-state index contributed by atoms with van der Waals surface area (Å²) in [6.07, 6.45) is 6.40. The molecule has 0 saturated carbocycles. The molecule has 0 saturated heterocycles. The molecule has 0 atom stereocenters. The van der Waals surface area contributed by atoms with E-state index in [4.69, 9.17) is 19.4 Å². The van der Waals surface area contributed by atoms with Crippen molar-refractivity contribution in [2.45, 2.75) is 46.0 Å². The number of benzene rings is 2. The van der Waals surface area contributed by atoms with Crippen LogP contribution in [0.1, 0.15) is 49.8 Å². The Kier molecular flexibility index (Phi) is 8.89. The van der Waals surface area contributed by atoms with E-state index in [1.807, 2.05) is 36.4 Å². The summed E-state index contributed by atoms with van der Waals surface area (Å²) in [6.45, 7) is 5.28. The highest BCUT2D eigenvalue weighted by atomic mass is 16.5. The molecular weight excluding hydrogens is 422 g/mol. The third-order valence-electron chi connectivity index (χ3n) is 5.30. The van der Waals surface area contributed by atoms with Crippen LogP contribution in [-0.2, 0) is 22.4 Å². The molecule has 2 aromatic rings. The molecule has 0 fully saturated rings. The summed E-state index contributed by atoms with van der Waals surface area (Å²) in [5.74, 6) is 1.87. The number of rotatable bonds is 11. The summed E-state index contributed by atoms with van der Waals surface area (Å²) in [7, 11) is 0. The number of carbonyl (C=O) groups is 2. The Balaban J connectivity index is 1.55. The summed E-state index contributed by atoms with van der Waals surface area (Å²) in [5.41, 5.74) is 4.37. The van der Waals surface area contributed by atoms with E-state index in [2.05, 4.69) is 13.8 Å². The number of hydroxylamine groups is 1. The van der Waals surface area contributed by atoms with Crippen molar-refractivity contribution in [1.29, 1.82) is 0 Å². The number of amides is 1. The van der Waals surface area contributed by atoms with Crippen LogP contribution in [0, 0.1) is 5.92 Å². The second-order valence-electron chi connectivity index (χ2n) is 8.37. The van der Waals surface area contributed by atoms with Crippen molar-refractivity contribution in [2.75, 3.05) is 13.2 Å². The third-order valence-corrected chi connectivity index (χ3v) is 5.30. The highest BCUT2D eigenvalue weighted by Crippen LogP contribution is 2.37. The monoisotopic (exact) mass is 453 g/mol. The van der Waals surface area contributed by atoms with Gasteiger partial charge in [0.25, 0.3) is 5.91 Å². The van der Waals surface area contributed by atoms with E-state index in [0.29, 0.717) is 49.9 Å². The van der Waals surface area contributed by atoms with Gasteiger partial charge in [0, 0.05) is 18.1 Å². The van der Waals surface area contributed by atoms with Crippen LogP contribution in [-0.4, -0.2) is 30.3 Å². The van der Waals surface area contributed by atoms with Gasteiger partial charge in [-0.1, -0.05) is 32.0 Å². The van der Waals surface area contributed by atoms with E-state index in [1.165, 1.54) is 6.08 Å². The molecule has 0 spiro atoms. The van der Waals surface area contributed by atoms with E-state index in [1.54, 1.807) is 11.6 Å². The molecule has 2 aromatic carbocycles. The fourth-order valence-corrected chi connectivity index (χ4v) is 3.54. The van der Waals surface area contributed by atoms with Crippen LogP contribution in [0.15, 0.2) is 42.5 Å². The van der Waals surface area contributed by atoms with Crippen molar-refractivity contribution in [3.05, 3.63) is 59.2 Å². The molecule has 1 aliphatic rings. The number of nitrogens with one attached hydrogen (secondary N) is 1. The molecule has 1 heterocycles. The smallest absolute Gasteiger partial charge is 0.311 e. The first-order chi connectivity index (χ1) is 16.0. The zero-order valence-electron chi connectivity index (χ0n) is 19.1. The topological polar surface area (TPSA) is 94.1 Å². The Hall–Kier alpha value is -3.32. The number of fused-ring (bicyclic) bond motifs is 1. The molecule has 0 unspecified atom stereocenters. The number of ether oxygens (including phenoxy) is 3. The average molecular weight is 454 g/mol. The maximum atomic E-state index is 11.9. The molecule has 0 aromatic heterocycles. The zero-order valence-corrected chi connectivity index (χ0v) is 19.1. The maximum Gasteiger partial charge on any atom is 0.311 e.